The van der Waals surface area contributed by atoms with E-state index in [1.165, 1.54) is 12.8 Å². The normalized spacial score (nSPS) is 32.7. The molecule has 1 heterocycles. The highest BCUT2D eigenvalue weighted by Gasteiger charge is 2.33. The summed E-state index contributed by atoms with van der Waals surface area (Å²) in [6.07, 6.45) is 5.73. The first-order valence-corrected chi connectivity index (χ1v) is 6.11. The van der Waals surface area contributed by atoms with Crippen molar-refractivity contribution in [2.24, 2.45) is 10.9 Å². The van der Waals surface area contributed by atoms with E-state index in [0.29, 0.717) is 18.0 Å². The molecule has 15 heavy (non-hydrogen) atoms. The van der Waals surface area contributed by atoms with Crippen molar-refractivity contribution in [1.29, 1.82) is 0 Å². The highest BCUT2D eigenvalue weighted by molar-refractivity contribution is 6.40. The molecule has 2 aliphatic rings. The molecule has 0 unspecified atom stereocenters. The van der Waals surface area contributed by atoms with E-state index < -0.39 is 0 Å². The van der Waals surface area contributed by atoms with E-state index in [2.05, 4.69) is 24.2 Å². The number of nitrogens with one attached hydrogen (secondary N) is 1. The van der Waals surface area contributed by atoms with Gasteiger partial charge in [0.2, 0.25) is 0 Å². The van der Waals surface area contributed by atoms with Crippen molar-refractivity contribution in [2.45, 2.75) is 58.0 Å². The number of fused-ring (bicyclic) bond motifs is 1. The second kappa shape index (κ2) is 4.33. The summed E-state index contributed by atoms with van der Waals surface area (Å²) < 4.78 is 0. The summed E-state index contributed by atoms with van der Waals surface area (Å²) >= 11 is 0. The summed E-state index contributed by atoms with van der Waals surface area (Å²) in [6.45, 7) is 4.19. The van der Waals surface area contributed by atoms with E-state index >= 15 is 0 Å². The first kappa shape index (κ1) is 10.7. The Hall–Kier alpha value is -0.860. The molecule has 0 saturated heterocycles. The number of carbonyl (C=O) groups excluding carboxylic acids is 1. The largest absolute Gasteiger partial charge is 0.346 e. The van der Waals surface area contributed by atoms with Gasteiger partial charge in [-0.25, -0.2) is 0 Å². The van der Waals surface area contributed by atoms with Crippen molar-refractivity contribution < 1.29 is 4.79 Å². The van der Waals surface area contributed by atoms with Gasteiger partial charge in [0.15, 0.2) is 0 Å². The van der Waals surface area contributed by atoms with Crippen LogP contribution in [-0.2, 0) is 4.79 Å². The minimum absolute atomic E-state index is 0.0764. The standard InChI is InChI=1S/C12H20N2O/c1-3-8(2)11-12(15)14-10-7-5-4-6-9(10)13-11/h8-10H,3-7H2,1-2H3,(H,14,15)/t8-,9-,10-/m0/s1. The predicted molar refractivity (Wildman–Crippen MR) is 61.1 cm³/mol. The second-order valence-corrected chi connectivity index (χ2v) is 4.76. The van der Waals surface area contributed by atoms with Gasteiger partial charge in [0.05, 0.1) is 12.1 Å². The number of amides is 1. The second-order valence-electron chi connectivity index (χ2n) is 4.76. The van der Waals surface area contributed by atoms with Crippen LogP contribution in [0.5, 0.6) is 0 Å². The molecular weight excluding hydrogens is 188 g/mol. The molecule has 0 aromatic heterocycles. The molecule has 0 aromatic carbocycles. The van der Waals surface area contributed by atoms with Crippen molar-refractivity contribution in [3.05, 3.63) is 0 Å². The number of rotatable bonds is 2. The average molecular weight is 208 g/mol. The van der Waals surface area contributed by atoms with Crippen LogP contribution in [0.3, 0.4) is 0 Å². The maximum absolute atomic E-state index is 11.8. The van der Waals surface area contributed by atoms with Crippen molar-refractivity contribution >= 4 is 11.6 Å². The zero-order valence-corrected chi connectivity index (χ0v) is 9.62. The molecule has 3 atom stereocenters. The lowest BCUT2D eigenvalue weighted by molar-refractivity contribution is -0.116. The van der Waals surface area contributed by atoms with Crippen molar-refractivity contribution in [1.82, 2.24) is 5.32 Å². The van der Waals surface area contributed by atoms with Crippen LogP contribution >= 0.6 is 0 Å². The van der Waals surface area contributed by atoms with Gasteiger partial charge in [0, 0.05) is 5.92 Å². The minimum Gasteiger partial charge on any atom is -0.346 e. The van der Waals surface area contributed by atoms with Crippen molar-refractivity contribution in [2.75, 3.05) is 0 Å². The lowest BCUT2D eigenvalue weighted by atomic mass is 9.87. The van der Waals surface area contributed by atoms with E-state index in [4.69, 9.17) is 0 Å². The fourth-order valence-corrected chi connectivity index (χ4v) is 2.46. The Balaban J connectivity index is 2.17. The van der Waals surface area contributed by atoms with Gasteiger partial charge in [-0.3, -0.25) is 9.79 Å². The zero-order chi connectivity index (χ0) is 10.8. The first-order chi connectivity index (χ1) is 7.22. The first-order valence-electron chi connectivity index (χ1n) is 6.11. The SMILES string of the molecule is CC[C@H](C)C1=N[C@H]2CCCC[C@@H]2NC1=O. The average Bonchev–Trinajstić information content (AvgIpc) is 2.27. The number of nitrogens with zero attached hydrogens (tertiary/aromatic N) is 1. The van der Waals surface area contributed by atoms with Crippen LogP contribution in [-0.4, -0.2) is 23.7 Å². The number of carbonyl (C=O) groups is 1. The topological polar surface area (TPSA) is 41.5 Å². The van der Waals surface area contributed by atoms with E-state index in [1.54, 1.807) is 0 Å². The molecule has 1 aliphatic heterocycles. The summed E-state index contributed by atoms with van der Waals surface area (Å²) in [4.78, 5) is 16.5. The molecule has 0 spiro atoms. The van der Waals surface area contributed by atoms with Crippen molar-refractivity contribution in [3.63, 3.8) is 0 Å². The van der Waals surface area contributed by atoms with Gasteiger partial charge in [-0.15, -0.1) is 0 Å². The third kappa shape index (κ3) is 2.06. The van der Waals surface area contributed by atoms with Crippen LogP contribution in [0.1, 0.15) is 46.0 Å². The fraction of sp³-hybridized carbons (Fsp3) is 0.833. The van der Waals surface area contributed by atoms with Crippen LogP contribution in [0.25, 0.3) is 0 Å². The molecule has 1 saturated carbocycles. The number of aliphatic imine (C=N–C) groups is 1. The minimum atomic E-state index is 0.0764. The molecule has 3 heteroatoms. The molecule has 3 nitrogen and oxygen atoms in total. The summed E-state index contributed by atoms with van der Waals surface area (Å²) in [5.41, 5.74) is 0.778. The lowest BCUT2D eigenvalue weighted by Gasteiger charge is -2.34. The highest BCUT2D eigenvalue weighted by atomic mass is 16.2. The summed E-state index contributed by atoms with van der Waals surface area (Å²) in [5, 5.41) is 3.11. The highest BCUT2D eigenvalue weighted by Crippen LogP contribution is 2.25. The van der Waals surface area contributed by atoms with Gasteiger partial charge in [-0.2, -0.15) is 0 Å². The van der Waals surface area contributed by atoms with Crippen LogP contribution in [0.15, 0.2) is 4.99 Å². The van der Waals surface area contributed by atoms with Gasteiger partial charge in [0.25, 0.3) is 5.91 Å². The molecular formula is C12H20N2O. The molecule has 1 aliphatic carbocycles. The molecule has 0 aromatic rings. The van der Waals surface area contributed by atoms with Crippen LogP contribution in [0.4, 0.5) is 0 Å². The third-order valence-corrected chi connectivity index (χ3v) is 3.66. The van der Waals surface area contributed by atoms with Crippen LogP contribution in [0.2, 0.25) is 0 Å². The monoisotopic (exact) mass is 208 g/mol. The lowest BCUT2D eigenvalue weighted by Crippen LogP contribution is -2.52. The summed E-state index contributed by atoms with van der Waals surface area (Å²) in [7, 11) is 0. The quantitative estimate of drug-likeness (QED) is 0.740. The molecule has 0 radical (unpaired) electrons. The fourth-order valence-electron chi connectivity index (χ4n) is 2.46. The molecule has 84 valence electrons. The summed E-state index contributed by atoms with van der Waals surface area (Å²) in [6, 6.07) is 0.680. The number of hydrogen-bond donors (Lipinski definition) is 1. The van der Waals surface area contributed by atoms with E-state index in [9.17, 15) is 4.79 Å². The summed E-state index contributed by atoms with van der Waals surface area (Å²) in [5.74, 6) is 0.375. The van der Waals surface area contributed by atoms with Crippen LogP contribution < -0.4 is 5.32 Å². The third-order valence-electron chi connectivity index (χ3n) is 3.66. The van der Waals surface area contributed by atoms with Crippen LogP contribution in [0, 0.1) is 5.92 Å². The van der Waals surface area contributed by atoms with Gasteiger partial charge in [-0.05, 0) is 19.3 Å². The molecule has 1 amide bonds. The Kier molecular flexibility index (Phi) is 3.08. The van der Waals surface area contributed by atoms with E-state index in [0.717, 1.165) is 25.0 Å². The van der Waals surface area contributed by atoms with E-state index in [1.807, 2.05) is 0 Å². The van der Waals surface area contributed by atoms with Gasteiger partial charge in [0.1, 0.15) is 5.71 Å². The van der Waals surface area contributed by atoms with Crippen molar-refractivity contribution in [3.8, 4) is 0 Å². The maximum Gasteiger partial charge on any atom is 0.265 e. The Morgan fingerprint density at radius 1 is 1.47 bits per heavy atom. The zero-order valence-electron chi connectivity index (χ0n) is 9.62. The predicted octanol–water partition coefficient (Wildman–Crippen LogP) is 1.91. The molecule has 2 rings (SSSR count). The Bertz CT molecular complexity index is 285. The molecule has 0 bridgehead atoms. The van der Waals surface area contributed by atoms with Gasteiger partial charge >= 0.3 is 0 Å². The van der Waals surface area contributed by atoms with Gasteiger partial charge < -0.3 is 5.32 Å². The Morgan fingerprint density at radius 3 is 2.93 bits per heavy atom. The Morgan fingerprint density at radius 2 is 2.20 bits per heavy atom. The number of hydrogen-bond acceptors (Lipinski definition) is 2. The molecule has 1 N–H and O–H groups in total. The Labute approximate surface area is 91.3 Å². The molecule has 1 fully saturated rings. The smallest absolute Gasteiger partial charge is 0.265 e. The maximum atomic E-state index is 11.8. The van der Waals surface area contributed by atoms with E-state index in [-0.39, 0.29) is 5.91 Å². The van der Waals surface area contributed by atoms with Gasteiger partial charge in [-0.1, -0.05) is 26.7 Å².